The fraction of sp³-hybridized carbons (Fsp3) is 0.714. The van der Waals surface area contributed by atoms with Crippen molar-refractivity contribution in [2.75, 3.05) is 7.11 Å². The predicted molar refractivity (Wildman–Crippen MR) is 70.6 cm³/mol. The number of ether oxygens (including phenoxy) is 1. The molecule has 1 heterocycles. The third kappa shape index (κ3) is 2.52. The predicted octanol–water partition coefficient (Wildman–Crippen LogP) is 1.27. The van der Waals surface area contributed by atoms with Crippen LogP contribution in [0.5, 0.6) is 0 Å². The summed E-state index contributed by atoms with van der Waals surface area (Å²) in [6.07, 6.45) is 6.43. The third-order valence-corrected chi connectivity index (χ3v) is 4.05. The summed E-state index contributed by atoms with van der Waals surface area (Å²) in [5, 5.41) is 7.96. The molecular weight excluding hydrogens is 242 g/mol. The Morgan fingerprint density at radius 1 is 1.53 bits per heavy atom. The summed E-state index contributed by atoms with van der Waals surface area (Å²) in [4.78, 5) is 12.4. The van der Waals surface area contributed by atoms with Crippen LogP contribution in [0.25, 0.3) is 0 Å². The van der Waals surface area contributed by atoms with Gasteiger partial charge in [0.1, 0.15) is 5.54 Å². The standard InChI is InChI=1S/C14H21N3O2/c1-10-7-8-17(16-10)9-14(11-3-4-11,13(18)19-2)15-12-5-6-12/h7-8,11-12,15H,3-6,9H2,1-2H3. The van der Waals surface area contributed by atoms with Crippen LogP contribution in [0, 0.1) is 12.8 Å². The largest absolute Gasteiger partial charge is 0.468 e. The number of carbonyl (C=O) groups excluding carboxylic acids is 1. The van der Waals surface area contributed by atoms with Gasteiger partial charge in [-0.25, -0.2) is 4.79 Å². The molecule has 0 spiro atoms. The van der Waals surface area contributed by atoms with Gasteiger partial charge < -0.3 is 4.74 Å². The normalized spacial score (nSPS) is 22.0. The van der Waals surface area contributed by atoms with E-state index in [9.17, 15) is 4.79 Å². The number of nitrogens with zero attached hydrogens (tertiary/aromatic N) is 2. The van der Waals surface area contributed by atoms with Crippen molar-refractivity contribution in [3.05, 3.63) is 18.0 Å². The van der Waals surface area contributed by atoms with Gasteiger partial charge in [-0.1, -0.05) is 0 Å². The molecule has 3 rings (SSSR count). The van der Waals surface area contributed by atoms with Gasteiger partial charge in [-0.05, 0) is 44.6 Å². The Labute approximate surface area is 113 Å². The van der Waals surface area contributed by atoms with Crippen LogP contribution in [0.15, 0.2) is 12.3 Å². The van der Waals surface area contributed by atoms with Crippen LogP contribution in [0.4, 0.5) is 0 Å². The Kier molecular flexibility index (Phi) is 3.09. The Morgan fingerprint density at radius 2 is 2.26 bits per heavy atom. The van der Waals surface area contributed by atoms with Gasteiger partial charge in [0.2, 0.25) is 0 Å². The van der Waals surface area contributed by atoms with E-state index in [0.717, 1.165) is 31.4 Å². The minimum Gasteiger partial charge on any atom is -0.468 e. The lowest BCUT2D eigenvalue weighted by Gasteiger charge is -2.32. The smallest absolute Gasteiger partial charge is 0.328 e. The maximum atomic E-state index is 12.4. The van der Waals surface area contributed by atoms with Crippen molar-refractivity contribution in [2.24, 2.45) is 5.92 Å². The van der Waals surface area contributed by atoms with Crippen LogP contribution in [-0.2, 0) is 16.1 Å². The molecule has 0 saturated heterocycles. The second-order valence-electron chi connectivity index (χ2n) is 5.81. The SMILES string of the molecule is COC(=O)C(Cn1ccc(C)n1)(NC1CC1)C1CC1. The molecule has 0 bridgehead atoms. The van der Waals surface area contributed by atoms with E-state index in [2.05, 4.69) is 10.4 Å². The molecule has 2 aliphatic carbocycles. The minimum atomic E-state index is -0.589. The van der Waals surface area contributed by atoms with Crippen molar-refractivity contribution < 1.29 is 9.53 Å². The molecule has 1 unspecified atom stereocenters. The molecule has 5 heteroatoms. The van der Waals surface area contributed by atoms with E-state index in [-0.39, 0.29) is 5.97 Å². The van der Waals surface area contributed by atoms with Gasteiger partial charge in [0, 0.05) is 12.2 Å². The highest BCUT2D eigenvalue weighted by molar-refractivity contribution is 5.81. The van der Waals surface area contributed by atoms with E-state index in [4.69, 9.17) is 4.74 Å². The maximum absolute atomic E-state index is 12.4. The number of aromatic nitrogens is 2. The summed E-state index contributed by atoms with van der Waals surface area (Å²) in [6, 6.07) is 2.43. The van der Waals surface area contributed by atoms with Crippen molar-refractivity contribution in [3.63, 3.8) is 0 Å². The first-order chi connectivity index (χ1) is 9.14. The highest BCUT2D eigenvalue weighted by Gasteiger charge is 2.54. The van der Waals surface area contributed by atoms with Crippen LogP contribution in [-0.4, -0.2) is 34.4 Å². The number of esters is 1. The Morgan fingerprint density at radius 3 is 2.74 bits per heavy atom. The Bertz CT molecular complexity index is 477. The second kappa shape index (κ2) is 4.63. The summed E-state index contributed by atoms with van der Waals surface area (Å²) in [5.41, 5.74) is 0.384. The molecule has 0 amide bonds. The molecule has 1 N–H and O–H groups in total. The monoisotopic (exact) mass is 263 g/mol. The number of nitrogens with one attached hydrogen (secondary N) is 1. The number of rotatable bonds is 6. The number of hydrogen-bond acceptors (Lipinski definition) is 4. The number of aryl methyl sites for hydroxylation is 1. The Hall–Kier alpha value is -1.36. The van der Waals surface area contributed by atoms with Gasteiger partial charge in [0.25, 0.3) is 0 Å². The molecule has 0 aromatic carbocycles. The first kappa shape index (κ1) is 12.7. The summed E-state index contributed by atoms with van der Waals surface area (Å²) in [5.74, 6) is 0.236. The molecule has 104 valence electrons. The van der Waals surface area contributed by atoms with Gasteiger partial charge in [0.15, 0.2) is 0 Å². The minimum absolute atomic E-state index is 0.143. The lowest BCUT2D eigenvalue weighted by Crippen LogP contribution is -2.58. The fourth-order valence-electron chi connectivity index (χ4n) is 2.74. The van der Waals surface area contributed by atoms with E-state index in [1.54, 1.807) is 0 Å². The zero-order valence-corrected chi connectivity index (χ0v) is 11.6. The lowest BCUT2D eigenvalue weighted by molar-refractivity contribution is -0.150. The number of methoxy groups -OCH3 is 1. The number of carbonyl (C=O) groups is 1. The van der Waals surface area contributed by atoms with Gasteiger partial charge in [-0.15, -0.1) is 0 Å². The van der Waals surface area contributed by atoms with Gasteiger partial charge in [-0.2, -0.15) is 5.10 Å². The van der Waals surface area contributed by atoms with E-state index in [1.807, 2.05) is 23.9 Å². The van der Waals surface area contributed by atoms with E-state index in [1.165, 1.54) is 7.11 Å². The topological polar surface area (TPSA) is 56.2 Å². The van der Waals surface area contributed by atoms with E-state index >= 15 is 0 Å². The van der Waals surface area contributed by atoms with E-state index < -0.39 is 5.54 Å². The highest BCUT2D eigenvalue weighted by atomic mass is 16.5. The fourth-order valence-corrected chi connectivity index (χ4v) is 2.74. The first-order valence-electron chi connectivity index (χ1n) is 7.00. The zero-order chi connectivity index (χ0) is 13.5. The van der Waals surface area contributed by atoms with Gasteiger partial charge >= 0.3 is 5.97 Å². The molecule has 0 aliphatic heterocycles. The summed E-state index contributed by atoms with van der Waals surface area (Å²) >= 11 is 0. The van der Waals surface area contributed by atoms with Crippen molar-refractivity contribution in [1.82, 2.24) is 15.1 Å². The van der Waals surface area contributed by atoms with Crippen molar-refractivity contribution in [1.29, 1.82) is 0 Å². The summed E-state index contributed by atoms with van der Waals surface area (Å²) < 4.78 is 6.94. The average molecular weight is 263 g/mol. The van der Waals surface area contributed by atoms with E-state index in [0.29, 0.717) is 18.5 Å². The lowest BCUT2D eigenvalue weighted by atomic mass is 9.92. The van der Waals surface area contributed by atoms with Crippen LogP contribution in [0.3, 0.4) is 0 Å². The third-order valence-electron chi connectivity index (χ3n) is 4.05. The Balaban J connectivity index is 1.86. The number of hydrogen-bond donors (Lipinski definition) is 1. The molecule has 1 aromatic rings. The van der Waals surface area contributed by atoms with Crippen LogP contribution in [0.1, 0.15) is 31.4 Å². The molecule has 0 radical (unpaired) electrons. The molecule has 1 aromatic heterocycles. The summed E-state index contributed by atoms with van der Waals surface area (Å²) in [6.45, 7) is 2.52. The van der Waals surface area contributed by atoms with Crippen molar-refractivity contribution in [2.45, 2.75) is 50.7 Å². The molecule has 2 saturated carbocycles. The second-order valence-corrected chi connectivity index (χ2v) is 5.81. The van der Waals surface area contributed by atoms with Crippen LogP contribution < -0.4 is 5.32 Å². The molecule has 2 aliphatic rings. The molecule has 19 heavy (non-hydrogen) atoms. The van der Waals surface area contributed by atoms with Crippen LogP contribution in [0.2, 0.25) is 0 Å². The molecule has 1 atom stereocenters. The maximum Gasteiger partial charge on any atom is 0.328 e. The van der Waals surface area contributed by atoms with Gasteiger partial charge in [-0.3, -0.25) is 10.00 Å². The highest BCUT2D eigenvalue weighted by Crippen LogP contribution is 2.43. The first-order valence-corrected chi connectivity index (χ1v) is 7.00. The molecule has 2 fully saturated rings. The van der Waals surface area contributed by atoms with Crippen molar-refractivity contribution in [3.8, 4) is 0 Å². The van der Waals surface area contributed by atoms with Crippen LogP contribution >= 0.6 is 0 Å². The molecular formula is C14H21N3O2. The summed E-state index contributed by atoms with van der Waals surface area (Å²) in [7, 11) is 1.47. The van der Waals surface area contributed by atoms with Crippen molar-refractivity contribution >= 4 is 5.97 Å². The zero-order valence-electron chi connectivity index (χ0n) is 11.6. The quantitative estimate of drug-likeness (QED) is 0.785. The van der Waals surface area contributed by atoms with Gasteiger partial charge in [0.05, 0.1) is 19.3 Å². The molecule has 5 nitrogen and oxygen atoms in total. The average Bonchev–Trinajstić information content (AvgIpc) is 3.28.